The van der Waals surface area contributed by atoms with E-state index in [4.69, 9.17) is 21.7 Å². The Balaban J connectivity index is 0. The third-order valence-corrected chi connectivity index (χ3v) is 1.65. The van der Waals surface area contributed by atoms with Gasteiger partial charge in [-0.3, -0.25) is 9.59 Å². The molecule has 8 nitrogen and oxygen atoms in total. The first-order valence-electron chi connectivity index (χ1n) is 4.69. The van der Waals surface area contributed by atoms with Crippen molar-refractivity contribution in [1.82, 2.24) is 9.97 Å². The quantitative estimate of drug-likeness (QED) is 0.708. The van der Waals surface area contributed by atoms with Crippen LogP contribution in [0.2, 0.25) is 0 Å². The summed E-state index contributed by atoms with van der Waals surface area (Å²) in [6.45, 7) is 1.31. The first-order valence-corrected chi connectivity index (χ1v) is 4.69. The van der Waals surface area contributed by atoms with Crippen LogP contribution in [0.5, 0.6) is 0 Å². The van der Waals surface area contributed by atoms with Crippen LogP contribution in [-0.4, -0.2) is 44.2 Å². The number of carbonyl (C=O) groups is 2. The van der Waals surface area contributed by atoms with Gasteiger partial charge in [0.2, 0.25) is 0 Å². The van der Waals surface area contributed by atoms with Crippen molar-refractivity contribution in [3.8, 4) is 0 Å². The summed E-state index contributed by atoms with van der Waals surface area (Å²) >= 11 is 0. The zero-order valence-corrected chi connectivity index (χ0v) is 10.4. The van der Waals surface area contributed by atoms with Gasteiger partial charge in [0, 0.05) is 11.9 Å². The molecule has 0 saturated heterocycles. The summed E-state index contributed by atoms with van der Waals surface area (Å²) in [6.07, 6.45) is 3.16. The minimum atomic E-state index is -1.11. The van der Waals surface area contributed by atoms with E-state index < -0.39 is 24.0 Å². The number of H-pyrrole nitrogens is 1. The predicted molar refractivity (Wildman–Crippen MR) is 59.5 cm³/mol. The SMILES string of the molecule is CC([NH-])C(=O)O.[Cu+2].[NH-]C(Cc1cnc[nH]1)C(=O)O. The number of carboxylic acids is 2. The average Bonchev–Trinajstić information content (AvgIpc) is 2.71. The van der Waals surface area contributed by atoms with Gasteiger partial charge >= 0.3 is 17.1 Å². The van der Waals surface area contributed by atoms with Gasteiger partial charge in [-0.05, 0) is 18.5 Å². The van der Waals surface area contributed by atoms with Crippen molar-refractivity contribution in [3.05, 3.63) is 29.7 Å². The van der Waals surface area contributed by atoms with Crippen LogP contribution in [0.15, 0.2) is 12.5 Å². The number of carboxylic acid groups (broad SMARTS) is 2. The van der Waals surface area contributed by atoms with Crippen molar-refractivity contribution >= 4 is 11.9 Å². The fraction of sp³-hybridized carbons (Fsp3) is 0.444. The minimum Gasteiger partial charge on any atom is -0.666 e. The van der Waals surface area contributed by atoms with Crippen molar-refractivity contribution in [2.24, 2.45) is 0 Å². The number of hydrogen-bond donors (Lipinski definition) is 3. The van der Waals surface area contributed by atoms with Crippen LogP contribution in [0.25, 0.3) is 11.5 Å². The van der Waals surface area contributed by atoms with E-state index in [-0.39, 0.29) is 23.5 Å². The molecule has 1 rings (SSSR count). The standard InChI is InChI=1S/C6H8N3O2.C3H6NO2.Cu/c7-5(6(10)11)1-4-2-8-3-9-4;1-2(4)3(5)6;/h2-3,5,7H,1H2,(H,8,9)(H,10,11);2,4H,1H3,(H,5,6);/q2*-1;+2. The fourth-order valence-electron chi connectivity index (χ4n) is 0.704. The monoisotopic (exact) mass is 305 g/mol. The summed E-state index contributed by atoms with van der Waals surface area (Å²) in [5.41, 5.74) is 14.2. The van der Waals surface area contributed by atoms with E-state index >= 15 is 0 Å². The van der Waals surface area contributed by atoms with Gasteiger partial charge in [-0.25, -0.2) is 4.98 Å². The molecule has 0 saturated carbocycles. The minimum absolute atomic E-state index is 0. The summed E-state index contributed by atoms with van der Waals surface area (Å²) < 4.78 is 0. The number of aliphatic carboxylic acids is 2. The molecule has 0 spiro atoms. The molecule has 0 bridgehead atoms. The largest absolute Gasteiger partial charge is 2.00 e. The molecule has 1 aromatic heterocycles. The van der Waals surface area contributed by atoms with E-state index in [0.717, 1.165) is 0 Å². The van der Waals surface area contributed by atoms with E-state index in [1.165, 1.54) is 19.4 Å². The Morgan fingerprint density at radius 3 is 2.17 bits per heavy atom. The molecule has 0 aromatic carbocycles. The molecule has 2 unspecified atom stereocenters. The van der Waals surface area contributed by atoms with Gasteiger partial charge in [-0.2, -0.15) is 0 Å². The number of imidazole rings is 1. The number of nitrogens with one attached hydrogen (secondary N) is 3. The Bertz CT molecular complexity index is 355. The molecule has 0 aliphatic rings. The molecule has 1 radical (unpaired) electrons. The zero-order chi connectivity index (χ0) is 13.4. The number of aromatic amines is 1. The second kappa shape index (κ2) is 9.60. The molecule has 9 heteroatoms. The van der Waals surface area contributed by atoms with E-state index in [0.29, 0.717) is 5.69 Å². The Hall–Kier alpha value is -1.41. The number of aromatic nitrogens is 2. The molecule has 2 atom stereocenters. The molecule has 0 aliphatic heterocycles. The third kappa shape index (κ3) is 8.71. The van der Waals surface area contributed by atoms with Crippen molar-refractivity contribution in [1.29, 1.82) is 0 Å². The summed E-state index contributed by atoms with van der Waals surface area (Å²) in [6, 6.07) is -2.08. The summed E-state index contributed by atoms with van der Waals surface area (Å²) in [5.74, 6) is -2.19. The first kappa shape index (κ1) is 18.9. The van der Waals surface area contributed by atoms with E-state index in [2.05, 4.69) is 9.97 Å². The molecule has 18 heavy (non-hydrogen) atoms. The molecule has 1 aromatic rings. The average molecular weight is 306 g/mol. The van der Waals surface area contributed by atoms with Gasteiger partial charge in [0.15, 0.2) is 0 Å². The molecular weight excluding hydrogens is 292 g/mol. The van der Waals surface area contributed by atoms with Gasteiger partial charge in [0.05, 0.1) is 6.33 Å². The van der Waals surface area contributed by atoms with E-state index in [9.17, 15) is 9.59 Å². The first-order chi connectivity index (χ1) is 7.84. The molecular formula is C9H14CuN4O4. The number of nitrogens with zero attached hydrogens (tertiary/aromatic N) is 1. The normalized spacial score (nSPS) is 12.4. The maximum absolute atomic E-state index is 10.2. The van der Waals surface area contributed by atoms with Crippen LogP contribution >= 0.6 is 0 Å². The van der Waals surface area contributed by atoms with Gasteiger partial charge in [0.1, 0.15) is 0 Å². The van der Waals surface area contributed by atoms with E-state index in [1.54, 1.807) is 0 Å². The van der Waals surface area contributed by atoms with Crippen LogP contribution in [0, 0.1) is 0 Å². The maximum atomic E-state index is 10.2. The van der Waals surface area contributed by atoms with E-state index in [1.807, 2.05) is 0 Å². The van der Waals surface area contributed by atoms with Crippen molar-refractivity contribution in [2.75, 3.05) is 0 Å². The number of hydrogen-bond acceptors (Lipinski definition) is 3. The van der Waals surface area contributed by atoms with Crippen molar-refractivity contribution < 1.29 is 36.9 Å². The van der Waals surface area contributed by atoms with Gasteiger partial charge in [-0.15, -0.1) is 0 Å². The van der Waals surface area contributed by atoms with Crippen LogP contribution in [0.4, 0.5) is 0 Å². The van der Waals surface area contributed by atoms with Gasteiger partial charge < -0.3 is 26.7 Å². The molecule has 0 amide bonds. The zero-order valence-electron chi connectivity index (χ0n) is 9.48. The van der Waals surface area contributed by atoms with Crippen molar-refractivity contribution in [3.63, 3.8) is 0 Å². The molecule has 1 heterocycles. The molecule has 105 valence electrons. The topological polar surface area (TPSA) is 151 Å². The molecule has 0 aliphatic carbocycles. The third-order valence-electron chi connectivity index (χ3n) is 1.65. The second-order valence-electron chi connectivity index (χ2n) is 3.23. The Morgan fingerprint density at radius 1 is 1.39 bits per heavy atom. The van der Waals surface area contributed by atoms with Crippen LogP contribution < -0.4 is 0 Å². The predicted octanol–water partition coefficient (Wildman–Crippen LogP) is 0.967. The maximum Gasteiger partial charge on any atom is 2.00 e. The van der Waals surface area contributed by atoms with Crippen LogP contribution in [0.1, 0.15) is 12.6 Å². The smallest absolute Gasteiger partial charge is 0.666 e. The summed E-state index contributed by atoms with van der Waals surface area (Å²) in [7, 11) is 0. The molecule has 5 N–H and O–H groups in total. The fourth-order valence-corrected chi connectivity index (χ4v) is 0.704. The summed E-state index contributed by atoms with van der Waals surface area (Å²) in [5, 5.41) is 16.2. The van der Waals surface area contributed by atoms with Gasteiger partial charge in [-0.1, -0.05) is 6.92 Å². The second-order valence-corrected chi connectivity index (χ2v) is 3.23. The molecule has 0 fully saturated rings. The Morgan fingerprint density at radius 2 is 1.89 bits per heavy atom. The Labute approximate surface area is 114 Å². The Kier molecular flexibility index (Phi) is 10.1. The van der Waals surface area contributed by atoms with Crippen LogP contribution in [-0.2, 0) is 33.1 Å². The van der Waals surface area contributed by atoms with Crippen LogP contribution in [0.3, 0.4) is 0 Å². The number of rotatable bonds is 4. The van der Waals surface area contributed by atoms with Crippen molar-refractivity contribution in [2.45, 2.75) is 25.4 Å². The summed E-state index contributed by atoms with van der Waals surface area (Å²) in [4.78, 5) is 26.1. The van der Waals surface area contributed by atoms with Gasteiger partial charge in [0.25, 0.3) is 11.9 Å².